The average molecular weight is 222 g/mol. The van der Waals surface area contributed by atoms with Gasteiger partial charge in [-0.15, -0.1) is 0 Å². The molecule has 0 saturated carbocycles. The zero-order valence-corrected chi connectivity index (χ0v) is 8.95. The van der Waals surface area contributed by atoms with Crippen molar-refractivity contribution in [2.24, 2.45) is 0 Å². The Morgan fingerprint density at radius 2 is 2.07 bits per heavy atom. The van der Waals surface area contributed by atoms with E-state index in [1.807, 2.05) is 6.07 Å². The van der Waals surface area contributed by atoms with Crippen LogP contribution in [0.1, 0.15) is 0 Å². The van der Waals surface area contributed by atoms with Gasteiger partial charge in [0.05, 0.1) is 10.4 Å². The number of pyridine rings is 1. The smallest absolute Gasteiger partial charge is 0.240 e. The second kappa shape index (κ2) is 3.60. The largest absolute Gasteiger partial charge is 0.256 e. The molecule has 2 rings (SSSR count). The number of nitrogens with zero attached hydrogens (tertiary/aromatic N) is 1. The summed E-state index contributed by atoms with van der Waals surface area (Å²) in [5, 5.41) is 0.814. The minimum Gasteiger partial charge on any atom is -0.256 e. The number of sulfonamides is 1. The highest BCUT2D eigenvalue weighted by Crippen LogP contribution is 2.16. The highest BCUT2D eigenvalue weighted by molar-refractivity contribution is 7.89. The molecule has 0 spiro atoms. The average Bonchev–Trinajstić information content (AvgIpc) is 2.28. The Kier molecular flexibility index (Phi) is 2.42. The molecule has 5 heteroatoms. The summed E-state index contributed by atoms with van der Waals surface area (Å²) >= 11 is 0. The second-order valence-corrected chi connectivity index (χ2v) is 4.95. The van der Waals surface area contributed by atoms with Crippen molar-refractivity contribution in [2.75, 3.05) is 7.05 Å². The molecule has 0 radical (unpaired) electrons. The summed E-state index contributed by atoms with van der Waals surface area (Å²) in [6, 6.07) is 8.45. The van der Waals surface area contributed by atoms with Crippen LogP contribution in [0.5, 0.6) is 0 Å². The van der Waals surface area contributed by atoms with Crippen LogP contribution in [-0.2, 0) is 10.0 Å². The van der Waals surface area contributed by atoms with Gasteiger partial charge in [-0.1, -0.05) is 6.07 Å². The quantitative estimate of drug-likeness (QED) is 0.829. The third-order valence-electron chi connectivity index (χ3n) is 2.15. The van der Waals surface area contributed by atoms with Crippen molar-refractivity contribution in [3.63, 3.8) is 0 Å². The number of hydrogen-bond acceptors (Lipinski definition) is 3. The maximum Gasteiger partial charge on any atom is 0.240 e. The van der Waals surface area contributed by atoms with E-state index in [9.17, 15) is 8.42 Å². The lowest BCUT2D eigenvalue weighted by Gasteiger charge is -2.03. The molecule has 0 atom stereocenters. The van der Waals surface area contributed by atoms with Gasteiger partial charge in [0.1, 0.15) is 0 Å². The van der Waals surface area contributed by atoms with Gasteiger partial charge >= 0.3 is 0 Å². The first-order valence-electron chi connectivity index (χ1n) is 4.42. The normalized spacial score (nSPS) is 11.8. The first kappa shape index (κ1) is 10.1. The summed E-state index contributed by atoms with van der Waals surface area (Å²) < 4.78 is 25.3. The van der Waals surface area contributed by atoms with Crippen LogP contribution in [0.3, 0.4) is 0 Å². The SMILES string of the molecule is CNS(=O)(=O)c1ccc2ncccc2c1. The molecule has 0 bridgehead atoms. The van der Waals surface area contributed by atoms with Crippen LogP contribution in [-0.4, -0.2) is 20.4 Å². The summed E-state index contributed by atoms with van der Waals surface area (Å²) in [6.45, 7) is 0. The van der Waals surface area contributed by atoms with E-state index in [1.165, 1.54) is 7.05 Å². The van der Waals surface area contributed by atoms with Crippen molar-refractivity contribution in [3.8, 4) is 0 Å². The van der Waals surface area contributed by atoms with Gasteiger partial charge < -0.3 is 0 Å². The molecule has 0 fully saturated rings. The van der Waals surface area contributed by atoms with Crippen molar-refractivity contribution in [2.45, 2.75) is 4.90 Å². The number of nitrogens with one attached hydrogen (secondary N) is 1. The highest BCUT2D eigenvalue weighted by Gasteiger charge is 2.11. The van der Waals surface area contributed by atoms with Crippen molar-refractivity contribution < 1.29 is 8.42 Å². The summed E-state index contributed by atoms with van der Waals surface area (Å²) in [5.74, 6) is 0. The Bertz CT molecular complexity index is 593. The van der Waals surface area contributed by atoms with E-state index >= 15 is 0 Å². The van der Waals surface area contributed by atoms with Crippen molar-refractivity contribution in [1.29, 1.82) is 0 Å². The fourth-order valence-corrected chi connectivity index (χ4v) is 2.10. The van der Waals surface area contributed by atoms with Gasteiger partial charge in [-0.25, -0.2) is 13.1 Å². The molecule has 0 unspecified atom stereocenters. The van der Waals surface area contributed by atoms with Crippen LogP contribution >= 0.6 is 0 Å². The van der Waals surface area contributed by atoms with E-state index in [0.717, 1.165) is 10.9 Å². The molecule has 1 aromatic carbocycles. The van der Waals surface area contributed by atoms with Crippen molar-refractivity contribution in [1.82, 2.24) is 9.71 Å². The fourth-order valence-electron chi connectivity index (χ4n) is 1.34. The van der Waals surface area contributed by atoms with E-state index in [4.69, 9.17) is 0 Å². The minimum absolute atomic E-state index is 0.255. The first-order chi connectivity index (χ1) is 7.13. The molecule has 78 valence electrons. The van der Waals surface area contributed by atoms with Gasteiger partial charge in [-0.05, 0) is 31.3 Å². The van der Waals surface area contributed by atoms with Crippen LogP contribution in [0.15, 0.2) is 41.4 Å². The molecule has 1 N–H and O–H groups in total. The predicted molar refractivity (Wildman–Crippen MR) is 58.0 cm³/mol. The van der Waals surface area contributed by atoms with Crippen molar-refractivity contribution >= 4 is 20.9 Å². The van der Waals surface area contributed by atoms with Gasteiger partial charge in [-0.2, -0.15) is 0 Å². The van der Waals surface area contributed by atoms with E-state index < -0.39 is 10.0 Å². The topological polar surface area (TPSA) is 59.1 Å². The first-order valence-corrected chi connectivity index (χ1v) is 5.90. The molecule has 1 heterocycles. The molecule has 4 nitrogen and oxygen atoms in total. The molecule has 15 heavy (non-hydrogen) atoms. The van der Waals surface area contributed by atoms with Crippen molar-refractivity contribution in [3.05, 3.63) is 36.5 Å². The van der Waals surface area contributed by atoms with Crippen LogP contribution in [0.2, 0.25) is 0 Å². The summed E-state index contributed by atoms with van der Waals surface area (Å²) in [4.78, 5) is 4.37. The zero-order valence-electron chi connectivity index (χ0n) is 8.14. The van der Waals surface area contributed by atoms with E-state index in [1.54, 1.807) is 30.5 Å². The maximum absolute atomic E-state index is 11.5. The molecule has 0 amide bonds. The van der Waals surface area contributed by atoms with Gasteiger partial charge in [0, 0.05) is 11.6 Å². The second-order valence-electron chi connectivity index (χ2n) is 3.07. The van der Waals surface area contributed by atoms with E-state index in [0.29, 0.717) is 0 Å². The number of hydrogen-bond donors (Lipinski definition) is 1. The molecule has 0 aliphatic rings. The van der Waals surface area contributed by atoms with Gasteiger partial charge in [0.15, 0.2) is 0 Å². The lowest BCUT2D eigenvalue weighted by Crippen LogP contribution is -2.18. The third-order valence-corrected chi connectivity index (χ3v) is 3.57. The highest BCUT2D eigenvalue weighted by atomic mass is 32.2. The lowest BCUT2D eigenvalue weighted by atomic mass is 10.2. The molecule has 0 aliphatic heterocycles. The Morgan fingerprint density at radius 3 is 2.80 bits per heavy atom. The minimum atomic E-state index is -3.37. The predicted octanol–water partition coefficient (Wildman–Crippen LogP) is 1.14. The van der Waals surface area contributed by atoms with Crippen LogP contribution < -0.4 is 4.72 Å². The van der Waals surface area contributed by atoms with Crippen LogP contribution in [0.25, 0.3) is 10.9 Å². The standard InChI is InChI=1S/C10H10N2O2S/c1-11-15(13,14)9-4-5-10-8(7-9)3-2-6-12-10/h2-7,11H,1H3. The van der Waals surface area contributed by atoms with Gasteiger partial charge in [0.2, 0.25) is 10.0 Å². The van der Waals surface area contributed by atoms with E-state index in [2.05, 4.69) is 9.71 Å². The number of fused-ring (bicyclic) bond motifs is 1. The third kappa shape index (κ3) is 1.84. The van der Waals surface area contributed by atoms with Gasteiger partial charge in [-0.3, -0.25) is 4.98 Å². The number of rotatable bonds is 2. The molecular formula is C10H10N2O2S. The molecule has 2 aromatic rings. The number of aromatic nitrogens is 1. The Balaban J connectivity index is 2.67. The summed E-state index contributed by atoms with van der Waals surface area (Å²) in [5.41, 5.74) is 0.785. The molecular weight excluding hydrogens is 212 g/mol. The van der Waals surface area contributed by atoms with Crippen LogP contribution in [0, 0.1) is 0 Å². The molecule has 0 saturated heterocycles. The Morgan fingerprint density at radius 1 is 1.27 bits per heavy atom. The lowest BCUT2D eigenvalue weighted by molar-refractivity contribution is 0.588. The van der Waals surface area contributed by atoms with Gasteiger partial charge in [0.25, 0.3) is 0 Å². The molecule has 0 aliphatic carbocycles. The summed E-state index contributed by atoms with van der Waals surface area (Å²) in [7, 11) is -1.98. The molecule has 1 aromatic heterocycles. The fraction of sp³-hybridized carbons (Fsp3) is 0.100. The Hall–Kier alpha value is -1.46. The Labute approximate surface area is 88.0 Å². The summed E-state index contributed by atoms with van der Waals surface area (Å²) in [6.07, 6.45) is 1.68. The van der Waals surface area contributed by atoms with Crippen LogP contribution in [0.4, 0.5) is 0 Å². The zero-order chi connectivity index (χ0) is 10.9. The van der Waals surface area contributed by atoms with E-state index in [-0.39, 0.29) is 4.90 Å². The number of benzene rings is 1. The monoisotopic (exact) mass is 222 g/mol. The maximum atomic E-state index is 11.5.